The quantitative estimate of drug-likeness (QED) is 0.639. The molecule has 0 saturated carbocycles. The van der Waals surface area contributed by atoms with Crippen molar-refractivity contribution in [3.05, 3.63) is 63.5 Å². The molecular weight excluding hydrogens is 336 g/mol. The van der Waals surface area contributed by atoms with Gasteiger partial charge in [-0.25, -0.2) is 8.78 Å². The maximum Gasteiger partial charge on any atom is 0.270 e. The maximum absolute atomic E-state index is 13.1. The number of nitrogens with zero attached hydrogens (tertiary/aromatic N) is 1. The normalized spacial score (nSPS) is 10.2. The van der Waals surface area contributed by atoms with Gasteiger partial charge in [0, 0.05) is 17.8 Å². The van der Waals surface area contributed by atoms with E-state index in [0.29, 0.717) is 11.3 Å². The highest BCUT2D eigenvalue weighted by Crippen LogP contribution is 2.24. The number of hydrogen-bond acceptors (Lipinski definition) is 4. The fourth-order valence-electron chi connectivity index (χ4n) is 2.08. The number of aryl methyl sites for hydroxylation is 1. The minimum absolute atomic E-state index is 0.0782. The number of halogens is 2. The topological polar surface area (TPSA) is 101 Å². The second-order valence-electron chi connectivity index (χ2n) is 5.08. The van der Waals surface area contributed by atoms with Crippen molar-refractivity contribution < 1.29 is 23.3 Å². The molecule has 0 heterocycles. The summed E-state index contributed by atoms with van der Waals surface area (Å²) in [5, 5.41) is 15.5. The zero-order valence-corrected chi connectivity index (χ0v) is 13.0. The van der Waals surface area contributed by atoms with Crippen molar-refractivity contribution in [2.24, 2.45) is 0 Å². The third-order valence-corrected chi connectivity index (χ3v) is 3.29. The first-order valence-corrected chi connectivity index (χ1v) is 7.03. The molecule has 0 radical (unpaired) electrons. The van der Waals surface area contributed by atoms with E-state index in [9.17, 15) is 28.5 Å². The largest absolute Gasteiger partial charge is 0.323 e. The van der Waals surface area contributed by atoms with Crippen LogP contribution < -0.4 is 10.6 Å². The van der Waals surface area contributed by atoms with Crippen LogP contribution >= 0.6 is 0 Å². The van der Waals surface area contributed by atoms with Crippen molar-refractivity contribution in [3.63, 3.8) is 0 Å². The molecule has 130 valence electrons. The van der Waals surface area contributed by atoms with Crippen LogP contribution in [0.1, 0.15) is 15.9 Å². The second-order valence-corrected chi connectivity index (χ2v) is 5.08. The van der Waals surface area contributed by atoms with E-state index in [4.69, 9.17) is 0 Å². The van der Waals surface area contributed by atoms with E-state index in [2.05, 4.69) is 10.6 Å². The lowest BCUT2D eigenvalue weighted by Crippen LogP contribution is -2.19. The van der Waals surface area contributed by atoms with Crippen molar-refractivity contribution in [2.75, 3.05) is 17.3 Å². The lowest BCUT2D eigenvalue weighted by molar-refractivity contribution is -0.384. The zero-order chi connectivity index (χ0) is 18.6. The highest BCUT2D eigenvalue weighted by atomic mass is 19.1. The number of alkyl halides is 1. The van der Waals surface area contributed by atoms with Crippen molar-refractivity contribution >= 4 is 28.9 Å². The van der Waals surface area contributed by atoms with Crippen LogP contribution in [0.2, 0.25) is 0 Å². The Morgan fingerprint density at radius 1 is 1.12 bits per heavy atom. The Bertz CT molecular complexity index is 855. The Hall–Kier alpha value is -3.36. The van der Waals surface area contributed by atoms with Gasteiger partial charge in [0.1, 0.15) is 5.82 Å². The summed E-state index contributed by atoms with van der Waals surface area (Å²) in [6.07, 6.45) is 0. The molecule has 7 nitrogen and oxygen atoms in total. The van der Waals surface area contributed by atoms with Crippen LogP contribution in [-0.4, -0.2) is 23.4 Å². The molecule has 0 fully saturated rings. The number of carbonyl (C=O) groups excluding carboxylic acids is 2. The van der Waals surface area contributed by atoms with Crippen molar-refractivity contribution in [2.45, 2.75) is 6.92 Å². The number of rotatable bonds is 5. The summed E-state index contributed by atoms with van der Waals surface area (Å²) >= 11 is 0. The highest BCUT2D eigenvalue weighted by Gasteiger charge is 2.19. The van der Waals surface area contributed by atoms with E-state index in [0.717, 1.165) is 24.3 Å². The van der Waals surface area contributed by atoms with Gasteiger partial charge in [-0.3, -0.25) is 19.7 Å². The van der Waals surface area contributed by atoms with Crippen molar-refractivity contribution in [3.8, 4) is 0 Å². The molecule has 9 heteroatoms. The fourth-order valence-corrected chi connectivity index (χ4v) is 2.08. The Morgan fingerprint density at radius 2 is 1.80 bits per heavy atom. The van der Waals surface area contributed by atoms with Gasteiger partial charge in [-0.1, -0.05) is 0 Å². The molecule has 0 bridgehead atoms. The molecule has 0 aliphatic carbocycles. The van der Waals surface area contributed by atoms with Gasteiger partial charge in [0.2, 0.25) is 0 Å². The van der Waals surface area contributed by atoms with Crippen molar-refractivity contribution in [1.29, 1.82) is 0 Å². The highest BCUT2D eigenvalue weighted by molar-refractivity contribution is 6.10. The van der Waals surface area contributed by atoms with Crippen LogP contribution in [0, 0.1) is 22.9 Å². The fraction of sp³-hybridized carbons (Fsp3) is 0.125. The van der Waals surface area contributed by atoms with Gasteiger partial charge in [-0.15, -0.1) is 0 Å². The van der Waals surface area contributed by atoms with Crippen LogP contribution in [0.25, 0.3) is 0 Å². The summed E-state index contributed by atoms with van der Waals surface area (Å²) in [7, 11) is 0. The third-order valence-electron chi connectivity index (χ3n) is 3.29. The van der Waals surface area contributed by atoms with Gasteiger partial charge >= 0.3 is 0 Å². The van der Waals surface area contributed by atoms with Crippen LogP contribution in [-0.2, 0) is 4.79 Å². The molecule has 25 heavy (non-hydrogen) atoms. The molecule has 0 spiro atoms. The van der Waals surface area contributed by atoms with E-state index in [1.165, 1.54) is 12.1 Å². The van der Waals surface area contributed by atoms with E-state index >= 15 is 0 Å². The lowest BCUT2D eigenvalue weighted by Gasteiger charge is -2.12. The first-order valence-electron chi connectivity index (χ1n) is 7.03. The molecule has 2 aromatic carbocycles. The van der Waals surface area contributed by atoms with Crippen LogP contribution in [0.5, 0.6) is 0 Å². The first-order chi connectivity index (χ1) is 11.8. The standard InChI is InChI=1S/C16H13F2N3O4/c1-9-6-10(18)2-4-13(9)20-16(23)12-7-11(21(24)25)3-5-14(12)19-15(22)8-17/h2-7H,8H2,1H3,(H,19,22)(H,20,23). The van der Waals surface area contributed by atoms with Gasteiger partial charge < -0.3 is 10.6 Å². The number of anilines is 2. The predicted molar refractivity (Wildman–Crippen MR) is 86.8 cm³/mol. The smallest absolute Gasteiger partial charge is 0.270 e. The number of amides is 2. The Morgan fingerprint density at radius 3 is 2.40 bits per heavy atom. The molecule has 2 rings (SSSR count). The first kappa shape index (κ1) is 18.0. The Labute approximate surface area is 140 Å². The predicted octanol–water partition coefficient (Wildman–Crippen LogP) is 3.20. The summed E-state index contributed by atoms with van der Waals surface area (Å²) in [5.74, 6) is -2.25. The molecular formula is C16H13F2N3O4. The number of hydrogen-bond donors (Lipinski definition) is 2. The molecule has 0 aliphatic heterocycles. The van der Waals surface area contributed by atoms with Gasteiger partial charge in [0.05, 0.1) is 16.2 Å². The van der Waals surface area contributed by atoms with E-state index in [1.807, 2.05) is 0 Å². The molecule has 0 atom stereocenters. The molecule has 0 aliphatic rings. The van der Waals surface area contributed by atoms with Gasteiger partial charge in [-0.2, -0.15) is 0 Å². The molecule has 0 aromatic heterocycles. The summed E-state index contributed by atoms with van der Waals surface area (Å²) in [4.78, 5) is 33.9. The summed E-state index contributed by atoms with van der Waals surface area (Å²) in [6, 6.07) is 6.85. The minimum atomic E-state index is -1.31. The molecule has 0 unspecified atom stereocenters. The Balaban J connectivity index is 2.39. The summed E-state index contributed by atoms with van der Waals surface area (Å²) in [6.45, 7) is 0.257. The summed E-state index contributed by atoms with van der Waals surface area (Å²) < 4.78 is 25.5. The number of nitro groups is 1. The number of non-ortho nitro benzene ring substituents is 1. The number of carbonyl (C=O) groups is 2. The molecule has 2 N–H and O–H groups in total. The number of benzene rings is 2. The van der Waals surface area contributed by atoms with Crippen LogP contribution in [0.3, 0.4) is 0 Å². The monoisotopic (exact) mass is 349 g/mol. The van der Waals surface area contributed by atoms with Gasteiger partial charge in [-0.05, 0) is 36.8 Å². The number of nitro benzene ring substituents is 1. The Kier molecular flexibility index (Phi) is 5.38. The van der Waals surface area contributed by atoms with Gasteiger partial charge in [0.15, 0.2) is 6.67 Å². The second kappa shape index (κ2) is 7.47. The summed E-state index contributed by atoms with van der Waals surface area (Å²) in [5.41, 5.74) is 0.0539. The third kappa shape index (κ3) is 4.34. The van der Waals surface area contributed by atoms with Crippen molar-refractivity contribution in [1.82, 2.24) is 0 Å². The van der Waals surface area contributed by atoms with Gasteiger partial charge in [0.25, 0.3) is 17.5 Å². The zero-order valence-electron chi connectivity index (χ0n) is 13.0. The average molecular weight is 349 g/mol. The average Bonchev–Trinajstić information content (AvgIpc) is 2.57. The maximum atomic E-state index is 13.1. The van der Waals surface area contributed by atoms with E-state index in [1.54, 1.807) is 6.92 Å². The molecule has 0 saturated heterocycles. The minimum Gasteiger partial charge on any atom is -0.323 e. The number of nitrogens with one attached hydrogen (secondary N) is 2. The van der Waals surface area contributed by atoms with E-state index < -0.39 is 29.2 Å². The SMILES string of the molecule is Cc1cc(F)ccc1NC(=O)c1cc([N+](=O)[O-])ccc1NC(=O)CF. The molecule has 2 aromatic rings. The van der Waals surface area contributed by atoms with Crippen LogP contribution in [0.4, 0.5) is 25.8 Å². The molecule has 2 amide bonds. The van der Waals surface area contributed by atoms with E-state index in [-0.39, 0.29) is 16.9 Å². The van der Waals surface area contributed by atoms with Crippen LogP contribution in [0.15, 0.2) is 36.4 Å². The lowest BCUT2D eigenvalue weighted by atomic mass is 10.1.